The molecule has 1 N–H and O–H groups in total. The Balaban J connectivity index is 1.57. The molecule has 0 aromatic rings. The fraction of sp³-hybridized carbons (Fsp3) is 1.00. The van der Waals surface area contributed by atoms with Crippen LogP contribution in [0.5, 0.6) is 0 Å². The maximum atomic E-state index is 5.73. The summed E-state index contributed by atoms with van der Waals surface area (Å²) in [5.41, 5.74) is 0. The minimum absolute atomic E-state index is 0.372. The van der Waals surface area contributed by atoms with E-state index in [1.165, 1.54) is 32.7 Å². The predicted molar refractivity (Wildman–Crippen MR) is 74.0 cm³/mol. The van der Waals surface area contributed by atoms with E-state index in [0.717, 1.165) is 32.8 Å². The largest absolute Gasteiger partial charge is 0.374 e. The lowest BCUT2D eigenvalue weighted by Gasteiger charge is -2.34. The van der Waals surface area contributed by atoms with Gasteiger partial charge in [-0.2, -0.15) is 0 Å². The Labute approximate surface area is 111 Å². The van der Waals surface area contributed by atoms with Crippen LogP contribution in [0.3, 0.4) is 0 Å². The molecule has 0 spiro atoms. The van der Waals surface area contributed by atoms with Crippen LogP contribution in [0.2, 0.25) is 0 Å². The molecular weight excluding hydrogens is 228 g/mol. The standard InChI is InChI=1S/C13H28N4O/c1-15-4-7-17(8-5-15)9-6-16(2)12-13-11-14-3-10-18-13/h13-14H,3-12H2,1-2H3. The molecule has 5 heteroatoms. The average Bonchev–Trinajstić information content (AvgIpc) is 2.39. The first-order valence-electron chi connectivity index (χ1n) is 7.16. The first kappa shape index (κ1) is 14.2. The van der Waals surface area contributed by atoms with Crippen LogP contribution >= 0.6 is 0 Å². The van der Waals surface area contributed by atoms with Gasteiger partial charge in [0.15, 0.2) is 0 Å². The quantitative estimate of drug-likeness (QED) is 0.693. The summed E-state index contributed by atoms with van der Waals surface area (Å²) in [6.45, 7) is 11.1. The Kier molecular flexibility index (Phi) is 5.85. The molecule has 2 aliphatic heterocycles. The molecule has 2 fully saturated rings. The van der Waals surface area contributed by atoms with Crippen molar-refractivity contribution in [1.82, 2.24) is 20.0 Å². The average molecular weight is 256 g/mol. The maximum Gasteiger partial charge on any atom is 0.0826 e. The molecule has 0 radical (unpaired) electrons. The van der Waals surface area contributed by atoms with E-state index in [1.54, 1.807) is 0 Å². The number of likely N-dealkylation sites (N-methyl/N-ethyl adjacent to an activating group) is 2. The Bertz CT molecular complexity index is 225. The number of ether oxygens (including phenoxy) is 1. The minimum Gasteiger partial charge on any atom is -0.374 e. The molecule has 0 saturated carbocycles. The molecular formula is C13H28N4O. The number of nitrogens with zero attached hydrogens (tertiary/aromatic N) is 3. The van der Waals surface area contributed by atoms with Gasteiger partial charge in [0.2, 0.25) is 0 Å². The summed E-state index contributed by atoms with van der Waals surface area (Å²) in [5.74, 6) is 0. The van der Waals surface area contributed by atoms with Crippen LogP contribution in [0, 0.1) is 0 Å². The van der Waals surface area contributed by atoms with Crippen molar-refractivity contribution in [3.63, 3.8) is 0 Å². The lowest BCUT2D eigenvalue weighted by molar-refractivity contribution is 0.00819. The van der Waals surface area contributed by atoms with Gasteiger partial charge in [0, 0.05) is 58.9 Å². The fourth-order valence-electron chi connectivity index (χ4n) is 2.56. The number of hydrogen-bond donors (Lipinski definition) is 1. The van der Waals surface area contributed by atoms with E-state index >= 15 is 0 Å². The molecule has 2 aliphatic rings. The summed E-state index contributed by atoms with van der Waals surface area (Å²) in [6, 6.07) is 0. The molecule has 18 heavy (non-hydrogen) atoms. The van der Waals surface area contributed by atoms with Gasteiger partial charge in [0.05, 0.1) is 12.7 Å². The maximum absolute atomic E-state index is 5.73. The van der Waals surface area contributed by atoms with E-state index in [4.69, 9.17) is 4.74 Å². The van der Waals surface area contributed by atoms with Gasteiger partial charge in [-0.15, -0.1) is 0 Å². The second kappa shape index (κ2) is 7.40. The van der Waals surface area contributed by atoms with Crippen molar-refractivity contribution >= 4 is 0 Å². The van der Waals surface area contributed by atoms with E-state index in [0.29, 0.717) is 6.10 Å². The van der Waals surface area contributed by atoms with Crippen LogP contribution in [-0.2, 0) is 4.74 Å². The summed E-state index contributed by atoms with van der Waals surface area (Å²) in [5, 5.41) is 3.38. The van der Waals surface area contributed by atoms with Crippen molar-refractivity contribution in [2.45, 2.75) is 6.10 Å². The highest BCUT2D eigenvalue weighted by molar-refractivity contribution is 4.73. The van der Waals surface area contributed by atoms with Crippen LogP contribution < -0.4 is 5.32 Å². The molecule has 0 bridgehead atoms. The van der Waals surface area contributed by atoms with Crippen molar-refractivity contribution in [3.05, 3.63) is 0 Å². The Hall–Kier alpha value is -0.200. The molecule has 0 aliphatic carbocycles. The zero-order valence-electron chi connectivity index (χ0n) is 11.9. The normalized spacial score (nSPS) is 27.8. The number of piperazine rings is 1. The summed E-state index contributed by atoms with van der Waals surface area (Å²) in [7, 11) is 4.41. The van der Waals surface area contributed by atoms with Gasteiger partial charge in [-0.3, -0.25) is 4.90 Å². The number of nitrogens with one attached hydrogen (secondary N) is 1. The van der Waals surface area contributed by atoms with Gasteiger partial charge in [-0.25, -0.2) is 0 Å². The van der Waals surface area contributed by atoms with E-state index in [1.807, 2.05) is 0 Å². The van der Waals surface area contributed by atoms with Gasteiger partial charge >= 0.3 is 0 Å². The molecule has 5 nitrogen and oxygen atoms in total. The zero-order chi connectivity index (χ0) is 12.8. The van der Waals surface area contributed by atoms with E-state index in [9.17, 15) is 0 Å². The van der Waals surface area contributed by atoms with Crippen LogP contribution in [0.25, 0.3) is 0 Å². The molecule has 2 heterocycles. The molecule has 2 saturated heterocycles. The monoisotopic (exact) mass is 256 g/mol. The van der Waals surface area contributed by atoms with Gasteiger partial charge < -0.3 is 19.9 Å². The van der Waals surface area contributed by atoms with Crippen LogP contribution in [0.1, 0.15) is 0 Å². The smallest absolute Gasteiger partial charge is 0.0826 e. The lowest BCUT2D eigenvalue weighted by atomic mass is 10.3. The summed E-state index contributed by atoms with van der Waals surface area (Å²) >= 11 is 0. The highest BCUT2D eigenvalue weighted by atomic mass is 16.5. The van der Waals surface area contributed by atoms with Crippen molar-refractivity contribution in [2.24, 2.45) is 0 Å². The highest BCUT2D eigenvalue weighted by Crippen LogP contribution is 2.01. The van der Waals surface area contributed by atoms with E-state index < -0.39 is 0 Å². The number of morpholine rings is 1. The topological polar surface area (TPSA) is 31.0 Å². The molecule has 2 rings (SSSR count). The molecule has 106 valence electrons. The molecule has 1 atom stereocenters. The predicted octanol–water partition coefficient (Wildman–Crippen LogP) is -0.846. The first-order valence-corrected chi connectivity index (χ1v) is 7.16. The van der Waals surface area contributed by atoms with Gasteiger partial charge in [0.25, 0.3) is 0 Å². The summed E-state index contributed by atoms with van der Waals surface area (Å²) < 4.78 is 5.73. The Morgan fingerprint density at radius 3 is 2.72 bits per heavy atom. The van der Waals surface area contributed by atoms with Crippen molar-refractivity contribution in [3.8, 4) is 0 Å². The van der Waals surface area contributed by atoms with Crippen molar-refractivity contribution in [1.29, 1.82) is 0 Å². The third-order valence-electron chi connectivity index (χ3n) is 3.91. The Morgan fingerprint density at radius 1 is 1.28 bits per heavy atom. The Morgan fingerprint density at radius 2 is 2.06 bits per heavy atom. The van der Waals surface area contributed by atoms with Crippen LogP contribution in [-0.4, -0.2) is 100 Å². The molecule has 0 aromatic heterocycles. The summed E-state index contributed by atoms with van der Waals surface area (Å²) in [4.78, 5) is 7.37. The van der Waals surface area contributed by atoms with Crippen molar-refractivity contribution in [2.75, 3.05) is 79.6 Å². The number of rotatable bonds is 5. The minimum atomic E-state index is 0.372. The molecule has 0 aromatic carbocycles. The third-order valence-corrected chi connectivity index (χ3v) is 3.91. The first-order chi connectivity index (χ1) is 8.74. The van der Waals surface area contributed by atoms with Crippen LogP contribution in [0.4, 0.5) is 0 Å². The number of hydrogen-bond acceptors (Lipinski definition) is 5. The SMILES string of the molecule is CN1CCN(CCN(C)CC2CNCCO2)CC1. The fourth-order valence-corrected chi connectivity index (χ4v) is 2.56. The third kappa shape index (κ3) is 4.82. The van der Waals surface area contributed by atoms with E-state index in [2.05, 4.69) is 34.1 Å². The highest BCUT2D eigenvalue weighted by Gasteiger charge is 2.17. The van der Waals surface area contributed by atoms with Gasteiger partial charge in [0.1, 0.15) is 0 Å². The molecule has 0 amide bonds. The van der Waals surface area contributed by atoms with Gasteiger partial charge in [-0.05, 0) is 14.1 Å². The second-order valence-corrected chi connectivity index (χ2v) is 5.60. The molecule has 1 unspecified atom stereocenters. The second-order valence-electron chi connectivity index (χ2n) is 5.60. The zero-order valence-corrected chi connectivity index (χ0v) is 11.9. The summed E-state index contributed by atoms with van der Waals surface area (Å²) in [6.07, 6.45) is 0.372. The van der Waals surface area contributed by atoms with Gasteiger partial charge in [-0.1, -0.05) is 0 Å². The van der Waals surface area contributed by atoms with Crippen molar-refractivity contribution < 1.29 is 4.74 Å². The van der Waals surface area contributed by atoms with E-state index in [-0.39, 0.29) is 0 Å². The lowest BCUT2D eigenvalue weighted by Crippen LogP contribution is -2.48. The van der Waals surface area contributed by atoms with Crippen LogP contribution in [0.15, 0.2) is 0 Å².